The number of nitriles is 1. The Kier molecular flexibility index (Phi) is 5.63. The van der Waals surface area contributed by atoms with Gasteiger partial charge in [0.05, 0.1) is 50.1 Å². The summed E-state index contributed by atoms with van der Waals surface area (Å²) in [6.07, 6.45) is 0. The predicted molar refractivity (Wildman–Crippen MR) is 205 cm³/mol. The number of carbonyl (C=O) groups is 2. The lowest BCUT2D eigenvalue weighted by molar-refractivity contribution is 0.0926. The molecular formula is C45H24N4O3. The van der Waals surface area contributed by atoms with E-state index >= 15 is 0 Å². The van der Waals surface area contributed by atoms with Gasteiger partial charge in [-0.3, -0.25) is 9.59 Å². The van der Waals surface area contributed by atoms with E-state index in [1.54, 1.807) is 36.4 Å². The maximum atomic E-state index is 13.3. The SMILES string of the molecule is N#Cc1cc(N2C(=O)c3ccccc3C2=O)ccc1-n1c2ccccc2c2c1ccc1c3ccccc3n(-c3ccc4oc5ccccc5c4c3)c12. The predicted octanol–water partition coefficient (Wildman–Crippen LogP) is 10.5. The summed E-state index contributed by atoms with van der Waals surface area (Å²) in [4.78, 5) is 27.9. The summed E-state index contributed by atoms with van der Waals surface area (Å²) in [6, 6.07) is 49.8. The van der Waals surface area contributed by atoms with Gasteiger partial charge in [0.1, 0.15) is 17.2 Å². The Labute approximate surface area is 295 Å². The van der Waals surface area contributed by atoms with Crippen LogP contribution in [-0.2, 0) is 0 Å². The van der Waals surface area contributed by atoms with E-state index in [0.29, 0.717) is 28.1 Å². The normalized spacial score (nSPS) is 13.0. The van der Waals surface area contributed by atoms with Crippen molar-refractivity contribution in [1.82, 2.24) is 9.13 Å². The van der Waals surface area contributed by atoms with Gasteiger partial charge in [0.25, 0.3) is 11.8 Å². The Balaban J connectivity index is 1.19. The summed E-state index contributed by atoms with van der Waals surface area (Å²) in [7, 11) is 0. The first kappa shape index (κ1) is 28.4. The van der Waals surface area contributed by atoms with Gasteiger partial charge in [0.15, 0.2) is 0 Å². The second-order valence-electron chi connectivity index (χ2n) is 13.1. The molecule has 0 atom stereocenters. The minimum absolute atomic E-state index is 0.342. The van der Waals surface area contributed by atoms with E-state index in [1.165, 1.54) is 0 Å². The molecule has 11 rings (SSSR count). The lowest BCUT2D eigenvalue weighted by Gasteiger charge is -2.17. The van der Waals surface area contributed by atoms with Gasteiger partial charge in [0, 0.05) is 38.0 Å². The molecule has 7 nitrogen and oxygen atoms in total. The van der Waals surface area contributed by atoms with Crippen molar-refractivity contribution in [3.8, 4) is 17.4 Å². The third-order valence-corrected chi connectivity index (χ3v) is 10.5. The van der Waals surface area contributed by atoms with Crippen molar-refractivity contribution in [2.45, 2.75) is 0 Å². The minimum Gasteiger partial charge on any atom is -0.456 e. The van der Waals surface area contributed by atoms with Gasteiger partial charge < -0.3 is 13.6 Å². The van der Waals surface area contributed by atoms with Gasteiger partial charge in [0.2, 0.25) is 0 Å². The summed E-state index contributed by atoms with van der Waals surface area (Å²) in [5.41, 5.74) is 8.77. The molecule has 3 aromatic heterocycles. The van der Waals surface area contributed by atoms with E-state index in [9.17, 15) is 14.9 Å². The van der Waals surface area contributed by atoms with Crippen molar-refractivity contribution in [3.63, 3.8) is 0 Å². The average Bonchev–Trinajstić information content (AvgIpc) is 3.91. The van der Waals surface area contributed by atoms with Crippen LogP contribution in [0, 0.1) is 11.3 Å². The fraction of sp³-hybridized carbons (Fsp3) is 0. The molecule has 0 aliphatic carbocycles. The number of furan rings is 1. The van der Waals surface area contributed by atoms with Crippen LogP contribution >= 0.6 is 0 Å². The summed E-state index contributed by atoms with van der Waals surface area (Å²) in [5, 5.41) is 17.0. The zero-order valence-electron chi connectivity index (χ0n) is 27.4. The van der Waals surface area contributed by atoms with Gasteiger partial charge in [-0.05, 0) is 72.8 Å². The van der Waals surface area contributed by atoms with E-state index in [0.717, 1.165) is 76.1 Å². The first-order chi connectivity index (χ1) is 25.6. The minimum atomic E-state index is -0.397. The Morgan fingerprint density at radius 3 is 1.90 bits per heavy atom. The molecule has 0 unspecified atom stereocenters. The van der Waals surface area contributed by atoms with Crippen molar-refractivity contribution >= 4 is 83.1 Å². The molecular weight excluding hydrogens is 645 g/mol. The second kappa shape index (κ2) is 10.3. The fourth-order valence-electron chi connectivity index (χ4n) is 8.26. The first-order valence-electron chi connectivity index (χ1n) is 17.0. The van der Waals surface area contributed by atoms with Crippen LogP contribution in [0.25, 0.3) is 76.9 Å². The molecule has 0 saturated carbocycles. The highest BCUT2D eigenvalue weighted by Gasteiger charge is 2.36. The van der Waals surface area contributed by atoms with E-state index < -0.39 is 11.8 Å². The van der Waals surface area contributed by atoms with Crippen molar-refractivity contribution < 1.29 is 14.0 Å². The number of benzene rings is 7. The quantitative estimate of drug-likeness (QED) is 0.175. The molecule has 52 heavy (non-hydrogen) atoms. The molecule has 2 amide bonds. The summed E-state index contributed by atoms with van der Waals surface area (Å²) in [5.74, 6) is -0.795. The monoisotopic (exact) mass is 668 g/mol. The van der Waals surface area contributed by atoms with E-state index in [4.69, 9.17) is 4.42 Å². The lowest BCUT2D eigenvalue weighted by Crippen LogP contribution is -2.29. The van der Waals surface area contributed by atoms with Gasteiger partial charge in [-0.25, -0.2) is 4.90 Å². The van der Waals surface area contributed by atoms with Crippen molar-refractivity contribution in [2.75, 3.05) is 4.90 Å². The molecule has 0 bridgehead atoms. The molecule has 0 radical (unpaired) electrons. The van der Waals surface area contributed by atoms with Crippen LogP contribution in [0.3, 0.4) is 0 Å². The lowest BCUT2D eigenvalue weighted by atomic mass is 10.1. The van der Waals surface area contributed by atoms with Gasteiger partial charge in [-0.1, -0.05) is 72.8 Å². The van der Waals surface area contributed by atoms with Crippen LogP contribution < -0.4 is 4.90 Å². The van der Waals surface area contributed by atoms with Crippen molar-refractivity contribution in [1.29, 1.82) is 5.26 Å². The zero-order chi connectivity index (χ0) is 34.7. The summed E-state index contributed by atoms with van der Waals surface area (Å²) in [6.45, 7) is 0. The number of anilines is 1. The second-order valence-corrected chi connectivity index (χ2v) is 13.1. The molecule has 0 spiro atoms. The number of rotatable bonds is 3. The molecule has 10 aromatic rings. The Morgan fingerprint density at radius 2 is 1.13 bits per heavy atom. The Bertz CT molecular complexity index is 3230. The number of amides is 2. The molecule has 0 fully saturated rings. The summed E-state index contributed by atoms with van der Waals surface area (Å²) >= 11 is 0. The molecule has 1 aliphatic heterocycles. The van der Waals surface area contributed by atoms with Gasteiger partial charge in [-0.15, -0.1) is 0 Å². The number of fused-ring (bicyclic) bond motifs is 11. The van der Waals surface area contributed by atoms with Crippen LogP contribution in [0.15, 0.2) is 150 Å². The number of hydrogen-bond acceptors (Lipinski definition) is 4. The molecule has 7 heteroatoms. The number of hydrogen-bond donors (Lipinski definition) is 0. The maximum absolute atomic E-state index is 13.3. The summed E-state index contributed by atoms with van der Waals surface area (Å²) < 4.78 is 10.6. The molecule has 0 saturated heterocycles. The Morgan fingerprint density at radius 1 is 0.500 bits per heavy atom. The van der Waals surface area contributed by atoms with Crippen LogP contribution in [0.2, 0.25) is 0 Å². The first-order valence-corrected chi connectivity index (χ1v) is 17.0. The molecule has 0 N–H and O–H groups in total. The number of imide groups is 1. The maximum Gasteiger partial charge on any atom is 0.266 e. The third kappa shape index (κ3) is 3.67. The standard InChI is InChI=1S/C45H24N4O3/c46-25-26-23-27(48-44(50)32-11-1-2-12-33(32)45(48)51)17-20-36(26)49-38-15-7-4-13-34(38)42-39(49)21-19-31-29-9-3-6-14-37(29)47(43(31)42)28-18-22-41-35(24-28)30-10-5-8-16-40(30)52-41/h1-24H. The molecule has 1 aliphatic rings. The van der Waals surface area contributed by atoms with Crippen molar-refractivity contribution in [2.24, 2.45) is 0 Å². The van der Waals surface area contributed by atoms with Crippen LogP contribution in [0.5, 0.6) is 0 Å². The molecule has 7 aromatic carbocycles. The molecule has 242 valence electrons. The largest absolute Gasteiger partial charge is 0.456 e. The van der Waals surface area contributed by atoms with E-state index in [1.807, 2.05) is 42.5 Å². The number of nitrogens with zero attached hydrogens (tertiary/aromatic N) is 4. The van der Waals surface area contributed by atoms with Crippen molar-refractivity contribution in [3.05, 3.63) is 162 Å². The number of carbonyl (C=O) groups excluding carboxylic acids is 2. The van der Waals surface area contributed by atoms with E-state index in [2.05, 4.69) is 81.9 Å². The Hall–Kier alpha value is -7.43. The van der Waals surface area contributed by atoms with Crippen LogP contribution in [0.1, 0.15) is 26.3 Å². The molecule has 4 heterocycles. The van der Waals surface area contributed by atoms with Crippen LogP contribution in [0.4, 0.5) is 5.69 Å². The third-order valence-electron chi connectivity index (χ3n) is 10.5. The van der Waals surface area contributed by atoms with E-state index in [-0.39, 0.29) is 0 Å². The smallest absolute Gasteiger partial charge is 0.266 e. The fourth-order valence-corrected chi connectivity index (χ4v) is 8.26. The van der Waals surface area contributed by atoms with Gasteiger partial charge in [-0.2, -0.15) is 5.26 Å². The number of para-hydroxylation sites is 3. The average molecular weight is 669 g/mol. The topological polar surface area (TPSA) is 84.2 Å². The highest BCUT2D eigenvalue weighted by molar-refractivity contribution is 6.34. The highest BCUT2D eigenvalue weighted by Crippen LogP contribution is 2.43. The zero-order valence-corrected chi connectivity index (χ0v) is 27.4. The highest BCUT2D eigenvalue weighted by atomic mass is 16.3. The van der Waals surface area contributed by atoms with Crippen LogP contribution in [-0.4, -0.2) is 20.9 Å². The van der Waals surface area contributed by atoms with Gasteiger partial charge >= 0.3 is 0 Å². The number of aromatic nitrogens is 2.